The quantitative estimate of drug-likeness (QED) is 0.678. The number of thioether (sulfide) groups is 1. The smallest absolute Gasteiger partial charge is 0.164 e. The zero-order valence-electron chi connectivity index (χ0n) is 10.0. The summed E-state index contributed by atoms with van der Waals surface area (Å²) in [4.78, 5) is 11.9. The fraction of sp³-hybridized carbons (Fsp3) is 0.154. The van der Waals surface area contributed by atoms with Crippen molar-refractivity contribution in [2.24, 2.45) is 0 Å². The van der Waals surface area contributed by atoms with Crippen molar-refractivity contribution in [1.29, 1.82) is 0 Å². The van der Waals surface area contributed by atoms with Gasteiger partial charge in [0, 0.05) is 0 Å². The minimum absolute atomic E-state index is 0.147. The van der Waals surface area contributed by atoms with E-state index in [1.807, 2.05) is 41.8 Å². The van der Waals surface area contributed by atoms with E-state index in [1.54, 1.807) is 27.8 Å². The summed E-state index contributed by atoms with van der Waals surface area (Å²) in [5.41, 5.74) is 1.72. The van der Waals surface area contributed by atoms with Crippen molar-refractivity contribution >= 4 is 39.9 Å². The average molecular weight is 289 g/mol. The second kappa shape index (κ2) is 5.54. The van der Waals surface area contributed by atoms with Crippen LogP contribution in [0.5, 0.6) is 0 Å². The largest absolute Gasteiger partial charge is 0.297 e. The summed E-state index contributed by atoms with van der Waals surface area (Å²) in [6, 6.07) is 11.7. The number of carbonyl (C=O) groups is 1. The molecule has 2 heterocycles. The Labute approximate surface area is 118 Å². The topological polar surface area (TPSA) is 47.8 Å². The van der Waals surface area contributed by atoms with E-state index in [4.69, 9.17) is 0 Å². The number of rotatable bonds is 5. The van der Waals surface area contributed by atoms with E-state index in [0.29, 0.717) is 5.75 Å². The van der Waals surface area contributed by atoms with Crippen LogP contribution in [0.15, 0.2) is 46.0 Å². The first-order valence-electron chi connectivity index (χ1n) is 5.79. The van der Waals surface area contributed by atoms with Crippen molar-refractivity contribution in [2.75, 3.05) is 5.75 Å². The lowest BCUT2D eigenvalue weighted by Gasteiger charge is -2.01. The highest BCUT2D eigenvalue weighted by molar-refractivity contribution is 8.01. The van der Waals surface area contributed by atoms with Crippen LogP contribution in [0.2, 0.25) is 0 Å². The van der Waals surface area contributed by atoms with Crippen LogP contribution >= 0.6 is 23.1 Å². The zero-order chi connectivity index (χ0) is 13.1. The van der Waals surface area contributed by atoms with E-state index >= 15 is 0 Å². The van der Waals surface area contributed by atoms with Crippen molar-refractivity contribution in [3.63, 3.8) is 0 Å². The molecule has 0 aliphatic carbocycles. The molecule has 0 N–H and O–H groups in total. The molecule has 6 heteroatoms. The summed E-state index contributed by atoms with van der Waals surface area (Å²) in [6.45, 7) is 0.277. The molecule has 0 fully saturated rings. The molecule has 0 radical (unpaired) electrons. The predicted octanol–water partition coefficient (Wildman–Crippen LogP) is 2.85. The third-order valence-electron chi connectivity index (χ3n) is 2.62. The summed E-state index contributed by atoms with van der Waals surface area (Å²) < 4.78 is 2.82. The molecule has 3 aromatic rings. The van der Waals surface area contributed by atoms with E-state index in [9.17, 15) is 4.79 Å². The number of aromatic nitrogens is 3. The Kier molecular flexibility index (Phi) is 3.61. The Morgan fingerprint density at radius 3 is 3.00 bits per heavy atom. The van der Waals surface area contributed by atoms with Gasteiger partial charge in [-0.1, -0.05) is 23.4 Å². The number of thiophene rings is 1. The van der Waals surface area contributed by atoms with Gasteiger partial charge in [0.25, 0.3) is 0 Å². The van der Waals surface area contributed by atoms with E-state index < -0.39 is 0 Å². The first-order valence-corrected chi connectivity index (χ1v) is 7.66. The van der Waals surface area contributed by atoms with Crippen molar-refractivity contribution in [2.45, 2.75) is 10.8 Å². The Hall–Kier alpha value is -1.66. The minimum atomic E-state index is 0.147. The van der Waals surface area contributed by atoms with Crippen molar-refractivity contribution in [3.05, 3.63) is 41.8 Å². The van der Waals surface area contributed by atoms with Gasteiger partial charge >= 0.3 is 0 Å². The minimum Gasteiger partial charge on any atom is -0.297 e. The summed E-state index contributed by atoms with van der Waals surface area (Å²) in [5, 5.41) is 10.1. The highest BCUT2D eigenvalue weighted by atomic mass is 32.2. The highest BCUT2D eigenvalue weighted by Crippen LogP contribution is 2.23. The van der Waals surface area contributed by atoms with Gasteiger partial charge in [0.15, 0.2) is 5.78 Å². The van der Waals surface area contributed by atoms with Crippen LogP contribution in [-0.2, 0) is 11.3 Å². The van der Waals surface area contributed by atoms with Gasteiger partial charge in [-0.25, -0.2) is 4.68 Å². The van der Waals surface area contributed by atoms with Gasteiger partial charge < -0.3 is 0 Å². The molecule has 1 aromatic carbocycles. The molecule has 0 spiro atoms. The molecule has 2 aromatic heterocycles. The zero-order valence-corrected chi connectivity index (χ0v) is 11.7. The van der Waals surface area contributed by atoms with Crippen molar-refractivity contribution in [1.82, 2.24) is 15.0 Å². The lowest BCUT2D eigenvalue weighted by atomic mass is 10.3. The molecule has 96 valence electrons. The van der Waals surface area contributed by atoms with Gasteiger partial charge in [-0.15, -0.1) is 28.2 Å². The van der Waals surface area contributed by atoms with Crippen LogP contribution in [-0.4, -0.2) is 26.5 Å². The van der Waals surface area contributed by atoms with E-state index in [-0.39, 0.29) is 12.3 Å². The summed E-state index contributed by atoms with van der Waals surface area (Å²) in [7, 11) is 0. The molecular weight excluding hydrogens is 278 g/mol. The lowest BCUT2D eigenvalue weighted by molar-refractivity contribution is -0.117. The molecule has 0 aliphatic heterocycles. The number of benzene rings is 1. The van der Waals surface area contributed by atoms with Crippen LogP contribution < -0.4 is 0 Å². The van der Waals surface area contributed by atoms with Crippen LogP contribution in [0.25, 0.3) is 11.0 Å². The molecule has 19 heavy (non-hydrogen) atoms. The maximum Gasteiger partial charge on any atom is 0.164 e. The number of carbonyl (C=O) groups excluding carboxylic acids is 1. The first kappa shape index (κ1) is 12.4. The standard InChI is InChI=1S/C13H11N3OS2/c17-10(9-19-13-6-3-7-18-13)8-16-12-5-2-1-4-11(12)14-15-16/h1-7H,8-9H2. The lowest BCUT2D eigenvalue weighted by Crippen LogP contribution is -2.13. The predicted molar refractivity (Wildman–Crippen MR) is 77.6 cm³/mol. The molecule has 0 bridgehead atoms. The molecular formula is C13H11N3OS2. The molecule has 0 aliphatic rings. The molecule has 0 saturated heterocycles. The van der Waals surface area contributed by atoms with Gasteiger partial charge in [0.2, 0.25) is 0 Å². The molecule has 4 nitrogen and oxygen atoms in total. The van der Waals surface area contributed by atoms with Gasteiger partial charge in [0.1, 0.15) is 12.1 Å². The molecule has 0 saturated carbocycles. The molecule has 3 rings (SSSR count). The Bertz CT molecular complexity index is 691. The maximum absolute atomic E-state index is 11.9. The van der Waals surface area contributed by atoms with E-state index in [1.165, 1.54) is 0 Å². The molecule has 0 amide bonds. The van der Waals surface area contributed by atoms with Crippen LogP contribution in [0, 0.1) is 0 Å². The number of hydrogen-bond acceptors (Lipinski definition) is 5. The number of fused-ring (bicyclic) bond motifs is 1. The third kappa shape index (κ3) is 2.85. The third-order valence-corrected chi connectivity index (χ3v) is 4.81. The highest BCUT2D eigenvalue weighted by Gasteiger charge is 2.09. The Morgan fingerprint density at radius 2 is 2.16 bits per heavy atom. The van der Waals surface area contributed by atoms with E-state index in [2.05, 4.69) is 10.3 Å². The van der Waals surface area contributed by atoms with E-state index in [0.717, 1.165) is 15.2 Å². The summed E-state index contributed by atoms with van der Waals surface area (Å²) in [5.74, 6) is 0.614. The SMILES string of the molecule is O=C(CSc1cccs1)Cn1nnc2ccccc21. The molecule has 0 unspecified atom stereocenters. The van der Waals surface area contributed by atoms with Gasteiger partial charge in [-0.05, 0) is 23.6 Å². The van der Waals surface area contributed by atoms with Crippen molar-refractivity contribution < 1.29 is 4.79 Å². The monoisotopic (exact) mass is 289 g/mol. The second-order valence-corrected chi connectivity index (χ2v) is 6.22. The number of hydrogen-bond donors (Lipinski definition) is 0. The number of para-hydroxylation sites is 1. The molecule has 0 atom stereocenters. The number of nitrogens with zero attached hydrogens (tertiary/aromatic N) is 3. The van der Waals surface area contributed by atoms with Crippen molar-refractivity contribution in [3.8, 4) is 0 Å². The van der Waals surface area contributed by atoms with Crippen LogP contribution in [0.4, 0.5) is 0 Å². The Morgan fingerprint density at radius 1 is 1.26 bits per heavy atom. The first-order chi connectivity index (χ1) is 9.33. The number of ketones is 1. The summed E-state index contributed by atoms with van der Waals surface area (Å²) in [6.07, 6.45) is 0. The van der Waals surface area contributed by atoms with Gasteiger partial charge in [-0.2, -0.15) is 0 Å². The Balaban J connectivity index is 1.66. The van der Waals surface area contributed by atoms with Gasteiger partial charge in [-0.3, -0.25) is 4.79 Å². The van der Waals surface area contributed by atoms with Gasteiger partial charge in [0.05, 0.1) is 15.5 Å². The van der Waals surface area contributed by atoms with Crippen LogP contribution in [0.1, 0.15) is 0 Å². The average Bonchev–Trinajstić information content (AvgIpc) is 3.07. The fourth-order valence-corrected chi connectivity index (χ4v) is 3.38. The fourth-order valence-electron chi connectivity index (χ4n) is 1.74. The maximum atomic E-state index is 11.9. The van der Waals surface area contributed by atoms with Crippen LogP contribution in [0.3, 0.4) is 0 Å². The normalized spacial score (nSPS) is 10.9. The second-order valence-electron chi connectivity index (χ2n) is 4.00. The summed E-state index contributed by atoms with van der Waals surface area (Å²) >= 11 is 3.22. The number of Topliss-reactive ketones (excluding diaryl/α,β-unsaturated/α-hetero) is 1.